The van der Waals surface area contributed by atoms with Crippen LogP contribution in [0.4, 0.5) is 0 Å². The monoisotopic (exact) mass is 412 g/mol. The fourth-order valence-electron chi connectivity index (χ4n) is 4.11. The Bertz CT molecular complexity index is 1150. The molecule has 1 atom stereocenters. The molecule has 4 rings (SSSR count). The third-order valence-corrected chi connectivity index (χ3v) is 5.48. The zero-order valence-corrected chi connectivity index (χ0v) is 18.1. The van der Waals surface area contributed by atoms with Crippen LogP contribution in [0.3, 0.4) is 0 Å². The van der Waals surface area contributed by atoms with Crippen molar-refractivity contribution in [1.29, 1.82) is 0 Å². The molecule has 0 spiro atoms. The highest BCUT2D eigenvalue weighted by Crippen LogP contribution is 2.38. The molecular weight excluding hydrogens is 384 g/mol. The summed E-state index contributed by atoms with van der Waals surface area (Å²) in [7, 11) is 0. The summed E-state index contributed by atoms with van der Waals surface area (Å²) in [6.45, 7) is 10.5. The SMILES string of the molecule is C/C(=C\COc1c2ccoc2cc2oc(=O)ccc12)CC[C@H]1OC(C)(C)OC1(C)C. The molecule has 0 radical (unpaired) electrons. The van der Waals surface area contributed by atoms with Crippen LogP contribution in [0.1, 0.15) is 47.5 Å². The second-order valence-electron chi connectivity index (χ2n) is 8.82. The Labute approximate surface area is 175 Å². The largest absolute Gasteiger partial charge is 0.488 e. The predicted molar refractivity (Wildman–Crippen MR) is 115 cm³/mol. The van der Waals surface area contributed by atoms with E-state index in [-0.39, 0.29) is 11.7 Å². The van der Waals surface area contributed by atoms with E-state index in [4.69, 9.17) is 23.0 Å². The quantitative estimate of drug-likeness (QED) is 0.389. The Kier molecular flexibility index (Phi) is 5.24. The van der Waals surface area contributed by atoms with E-state index in [1.165, 1.54) is 11.6 Å². The summed E-state index contributed by atoms with van der Waals surface area (Å²) in [6.07, 6.45) is 5.48. The van der Waals surface area contributed by atoms with E-state index in [0.717, 1.165) is 23.6 Å². The lowest BCUT2D eigenvalue weighted by Gasteiger charge is -2.24. The van der Waals surface area contributed by atoms with Crippen LogP contribution < -0.4 is 10.4 Å². The van der Waals surface area contributed by atoms with Gasteiger partial charge >= 0.3 is 5.63 Å². The molecule has 3 heterocycles. The molecule has 1 aromatic carbocycles. The van der Waals surface area contributed by atoms with Gasteiger partial charge in [0.15, 0.2) is 5.79 Å². The smallest absolute Gasteiger partial charge is 0.336 e. The van der Waals surface area contributed by atoms with Crippen molar-refractivity contribution in [3.05, 3.63) is 52.6 Å². The van der Waals surface area contributed by atoms with Crippen molar-refractivity contribution >= 4 is 21.9 Å². The molecular formula is C24H28O6. The highest BCUT2D eigenvalue weighted by Gasteiger charge is 2.46. The minimum absolute atomic E-state index is 0.0447. The Morgan fingerprint density at radius 1 is 1.13 bits per heavy atom. The fourth-order valence-corrected chi connectivity index (χ4v) is 4.11. The van der Waals surface area contributed by atoms with Crippen molar-refractivity contribution in [2.24, 2.45) is 0 Å². The van der Waals surface area contributed by atoms with Gasteiger partial charge < -0.3 is 23.0 Å². The summed E-state index contributed by atoms with van der Waals surface area (Å²) in [5, 5.41) is 1.60. The molecule has 0 saturated carbocycles. The van der Waals surface area contributed by atoms with Crippen LogP contribution in [-0.2, 0) is 9.47 Å². The van der Waals surface area contributed by atoms with E-state index in [1.54, 1.807) is 18.4 Å². The third kappa shape index (κ3) is 4.16. The molecule has 3 aromatic rings. The molecule has 0 aliphatic carbocycles. The predicted octanol–water partition coefficient (Wildman–Crippen LogP) is 5.57. The number of rotatable bonds is 6. The average molecular weight is 412 g/mol. The van der Waals surface area contributed by atoms with E-state index >= 15 is 0 Å². The van der Waals surface area contributed by atoms with Gasteiger partial charge in [-0.1, -0.05) is 5.57 Å². The van der Waals surface area contributed by atoms with E-state index in [9.17, 15) is 4.79 Å². The van der Waals surface area contributed by atoms with E-state index in [0.29, 0.717) is 23.5 Å². The van der Waals surface area contributed by atoms with Crippen molar-refractivity contribution in [1.82, 2.24) is 0 Å². The standard InChI is InChI=1S/C24H28O6/c1-15(6-8-20-23(2,3)30-24(4,5)29-20)10-12-27-22-16-7-9-21(25)28-19(16)14-18-17(22)11-13-26-18/h7,9-11,13-14,20H,6,8,12H2,1-5H3/b15-10+/t20-/m1/s1. The molecule has 160 valence electrons. The normalized spacial score (nSPS) is 20.8. The number of hydrogen-bond acceptors (Lipinski definition) is 6. The maximum atomic E-state index is 11.6. The molecule has 30 heavy (non-hydrogen) atoms. The maximum absolute atomic E-state index is 11.6. The second-order valence-corrected chi connectivity index (χ2v) is 8.82. The van der Waals surface area contributed by atoms with Crippen LogP contribution in [0.5, 0.6) is 5.75 Å². The highest BCUT2D eigenvalue weighted by molar-refractivity contribution is 6.01. The average Bonchev–Trinajstić information content (AvgIpc) is 3.19. The number of ether oxygens (including phenoxy) is 3. The summed E-state index contributed by atoms with van der Waals surface area (Å²) < 4.78 is 28.9. The Balaban J connectivity index is 1.46. The van der Waals surface area contributed by atoms with Crippen molar-refractivity contribution in [2.75, 3.05) is 6.61 Å². The molecule has 6 heteroatoms. The van der Waals surface area contributed by atoms with Crippen LogP contribution >= 0.6 is 0 Å². The lowest BCUT2D eigenvalue weighted by Crippen LogP contribution is -2.33. The van der Waals surface area contributed by atoms with Gasteiger partial charge in [-0.05, 0) is 65.7 Å². The molecule has 1 aliphatic rings. The maximum Gasteiger partial charge on any atom is 0.336 e. The zero-order valence-electron chi connectivity index (χ0n) is 18.1. The first-order valence-corrected chi connectivity index (χ1v) is 10.3. The molecule has 1 saturated heterocycles. The van der Waals surface area contributed by atoms with Crippen LogP contribution in [0.2, 0.25) is 0 Å². The minimum Gasteiger partial charge on any atom is -0.488 e. The minimum atomic E-state index is -0.547. The van der Waals surface area contributed by atoms with Gasteiger partial charge in [0.05, 0.1) is 28.7 Å². The molecule has 0 bridgehead atoms. The summed E-state index contributed by atoms with van der Waals surface area (Å²) in [6, 6.07) is 6.69. The van der Waals surface area contributed by atoms with Gasteiger partial charge in [0.2, 0.25) is 0 Å². The topological polar surface area (TPSA) is 71.0 Å². The lowest BCUT2D eigenvalue weighted by molar-refractivity contribution is -0.157. The molecule has 1 aliphatic heterocycles. The van der Waals surface area contributed by atoms with Crippen LogP contribution in [0, 0.1) is 0 Å². The van der Waals surface area contributed by atoms with Gasteiger partial charge in [0.25, 0.3) is 0 Å². The molecule has 0 amide bonds. The summed E-state index contributed by atoms with van der Waals surface area (Å²) in [4.78, 5) is 11.6. The van der Waals surface area contributed by atoms with Crippen LogP contribution in [0.25, 0.3) is 21.9 Å². The van der Waals surface area contributed by atoms with E-state index in [1.807, 2.05) is 19.9 Å². The van der Waals surface area contributed by atoms with Gasteiger partial charge in [-0.15, -0.1) is 0 Å². The lowest BCUT2D eigenvalue weighted by atomic mass is 9.96. The molecule has 0 N–H and O–H groups in total. The Hall–Kier alpha value is -2.57. The third-order valence-electron chi connectivity index (χ3n) is 5.48. The Morgan fingerprint density at radius 2 is 1.90 bits per heavy atom. The first-order valence-electron chi connectivity index (χ1n) is 10.3. The highest BCUT2D eigenvalue weighted by atomic mass is 16.8. The van der Waals surface area contributed by atoms with Crippen molar-refractivity contribution < 1.29 is 23.0 Å². The summed E-state index contributed by atoms with van der Waals surface area (Å²) in [5.74, 6) is 0.105. The number of furan rings is 1. The zero-order chi connectivity index (χ0) is 21.5. The summed E-state index contributed by atoms with van der Waals surface area (Å²) >= 11 is 0. The van der Waals surface area contributed by atoms with Crippen molar-refractivity contribution in [3.63, 3.8) is 0 Å². The van der Waals surface area contributed by atoms with Crippen molar-refractivity contribution in [2.45, 2.75) is 65.0 Å². The first-order chi connectivity index (χ1) is 14.1. The van der Waals surface area contributed by atoms with Crippen LogP contribution in [-0.4, -0.2) is 24.1 Å². The van der Waals surface area contributed by atoms with Gasteiger partial charge in [-0.2, -0.15) is 0 Å². The molecule has 6 nitrogen and oxygen atoms in total. The van der Waals surface area contributed by atoms with Gasteiger partial charge in [-0.3, -0.25) is 0 Å². The number of benzene rings is 1. The Morgan fingerprint density at radius 3 is 2.63 bits per heavy atom. The number of allylic oxidation sites excluding steroid dienone is 1. The van der Waals surface area contributed by atoms with Gasteiger partial charge in [0.1, 0.15) is 23.5 Å². The van der Waals surface area contributed by atoms with Gasteiger partial charge in [0, 0.05) is 12.1 Å². The number of hydrogen-bond donors (Lipinski definition) is 0. The van der Waals surface area contributed by atoms with Gasteiger partial charge in [-0.25, -0.2) is 4.79 Å². The number of fused-ring (bicyclic) bond motifs is 2. The molecule has 0 unspecified atom stereocenters. The second kappa shape index (κ2) is 7.60. The van der Waals surface area contributed by atoms with E-state index < -0.39 is 11.4 Å². The summed E-state index contributed by atoms with van der Waals surface area (Å²) in [5.41, 5.74) is 1.58. The molecule has 2 aromatic heterocycles. The van der Waals surface area contributed by atoms with Crippen LogP contribution in [0.15, 0.2) is 55.8 Å². The molecule has 1 fully saturated rings. The fraction of sp³-hybridized carbons (Fsp3) is 0.458. The van der Waals surface area contributed by atoms with E-state index in [2.05, 4.69) is 26.8 Å². The first kappa shape index (κ1) is 20.7. The van der Waals surface area contributed by atoms with Crippen molar-refractivity contribution in [3.8, 4) is 5.75 Å².